The first kappa shape index (κ1) is 16.3. The van der Waals surface area contributed by atoms with E-state index in [0.717, 1.165) is 43.3 Å². The summed E-state index contributed by atoms with van der Waals surface area (Å²) in [6.07, 6.45) is 1.74. The van der Waals surface area contributed by atoms with Crippen LogP contribution in [0.15, 0.2) is 42.6 Å². The number of morpholine rings is 1. The van der Waals surface area contributed by atoms with Crippen molar-refractivity contribution >= 4 is 11.6 Å². The van der Waals surface area contributed by atoms with Crippen molar-refractivity contribution in [1.29, 1.82) is 0 Å². The molecule has 6 nitrogen and oxygen atoms in total. The lowest BCUT2D eigenvalue weighted by atomic mass is 10.2. The van der Waals surface area contributed by atoms with E-state index in [1.54, 1.807) is 19.4 Å². The normalized spacial score (nSPS) is 14.3. The minimum Gasteiger partial charge on any atom is -0.497 e. The first-order chi connectivity index (χ1) is 11.8. The van der Waals surface area contributed by atoms with Crippen LogP contribution in [0.4, 0.5) is 5.69 Å². The summed E-state index contributed by atoms with van der Waals surface area (Å²) in [7, 11) is 1.63. The van der Waals surface area contributed by atoms with Crippen molar-refractivity contribution in [3.05, 3.63) is 53.9 Å². The number of pyridine rings is 1. The van der Waals surface area contributed by atoms with E-state index in [0.29, 0.717) is 12.2 Å². The number of rotatable bonds is 5. The number of hydrogen-bond donors (Lipinski definition) is 1. The maximum Gasteiger partial charge on any atom is 0.270 e. The van der Waals surface area contributed by atoms with Gasteiger partial charge in [-0.3, -0.25) is 4.79 Å². The second-order valence-corrected chi connectivity index (χ2v) is 5.53. The second-order valence-electron chi connectivity index (χ2n) is 5.53. The Morgan fingerprint density at radius 2 is 1.96 bits per heavy atom. The zero-order chi connectivity index (χ0) is 16.8. The number of hydrogen-bond acceptors (Lipinski definition) is 5. The molecule has 1 N–H and O–H groups in total. The molecule has 126 valence electrons. The molecule has 0 aliphatic carbocycles. The number of amides is 1. The van der Waals surface area contributed by atoms with Gasteiger partial charge in [0.05, 0.1) is 32.2 Å². The summed E-state index contributed by atoms with van der Waals surface area (Å²) in [6.45, 7) is 3.61. The number of anilines is 1. The Balaban J connectivity index is 1.56. The van der Waals surface area contributed by atoms with E-state index >= 15 is 0 Å². The van der Waals surface area contributed by atoms with Gasteiger partial charge in [-0.2, -0.15) is 0 Å². The van der Waals surface area contributed by atoms with Crippen LogP contribution in [-0.2, 0) is 11.3 Å². The highest BCUT2D eigenvalue weighted by molar-refractivity contribution is 5.92. The Morgan fingerprint density at radius 1 is 1.21 bits per heavy atom. The molecule has 3 rings (SSSR count). The fraction of sp³-hybridized carbons (Fsp3) is 0.333. The lowest BCUT2D eigenvalue weighted by Crippen LogP contribution is -2.36. The van der Waals surface area contributed by atoms with Gasteiger partial charge in [-0.05, 0) is 29.8 Å². The number of methoxy groups -OCH3 is 1. The summed E-state index contributed by atoms with van der Waals surface area (Å²) in [5.41, 5.74) is 2.44. The summed E-state index contributed by atoms with van der Waals surface area (Å²) in [4.78, 5) is 18.7. The molecule has 0 radical (unpaired) electrons. The molecular weight excluding hydrogens is 306 g/mol. The Labute approximate surface area is 141 Å². The molecule has 0 spiro atoms. The molecule has 6 heteroatoms. The van der Waals surface area contributed by atoms with Gasteiger partial charge in [0.15, 0.2) is 0 Å². The van der Waals surface area contributed by atoms with Crippen LogP contribution in [0.25, 0.3) is 0 Å². The molecule has 0 unspecified atom stereocenters. The molecule has 1 aromatic carbocycles. The van der Waals surface area contributed by atoms with Crippen molar-refractivity contribution in [1.82, 2.24) is 10.3 Å². The third kappa shape index (κ3) is 4.02. The average molecular weight is 327 g/mol. The number of ether oxygens (including phenoxy) is 2. The van der Waals surface area contributed by atoms with E-state index < -0.39 is 0 Å². The monoisotopic (exact) mass is 327 g/mol. The van der Waals surface area contributed by atoms with Crippen molar-refractivity contribution in [3.63, 3.8) is 0 Å². The smallest absolute Gasteiger partial charge is 0.270 e. The number of carbonyl (C=O) groups is 1. The van der Waals surface area contributed by atoms with E-state index in [4.69, 9.17) is 9.47 Å². The molecule has 0 saturated carbocycles. The van der Waals surface area contributed by atoms with Crippen LogP contribution < -0.4 is 15.0 Å². The summed E-state index contributed by atoms with van der Waals surface area (Å²) >= 11 is 0. The third-order valence-electron chi connectivity index (χ3n) is 3.97. The van der Waals surface area contributed by atoms with Gasteiger partial charge in [-0.1, -0.05) is 12.1 Å². The van der Waals surface area contributed by atoms with Gasteiger partial charge in [-0.15, -0.1) is 0 Å². The van der Waals surface area contributed by atoms with E-state index in [-0.39, 0.29) is 5.91 Å². The van der Waals surface area contributed by atoms with Gasteiger partial charge in [0, 0.05) is 19.6 Å². The van der Waals surface area contributed by atoms with Crippen LogP contribution in [0.5, 0.6) is 5.75 Å². The Bertz CT molecular complexity index is 665. The predicted octanol–water partition coefficient (Wildman–Crippen LogP) is 1.86. The SMILES string of the molecule is COc1ccc(CNC(=O)c2ccc(N3CCOCC3)cn2)cc1. The quantitative estimate of drug-likeness (QED) is 0.908. The zero-order valence-corrected chi connectivity index (χ0v) is 13.7. The first-order valence-corrected chi connectivity index (χ1v) is 7.96. The molecule has 1 aliphatic heterocycles. The highest BCUT2D eigenvalue weighted by Crippen LogP contribution is 2.15. The van der Waals surface area contributed by atoms with Crippen LogP contribution in [0.1, 0.15) is 16.1 Å². The first-order valence-electron chi connectivity index (χ1n) is 7.96. The molecule has 1 saturated heterocycles. The van der Waals surface area contributed by atoms with E-state index in [9.17, 15) is 4.79 Å². The van der Waals surface area contributed by atoms with Crippen LogP contribution >= 0.6 is 0 Å². The average Bonchev–Trinajstić information content (AvgIpc) is 2.67. The zero-order valence-electron chi connectivity index (χ0n) is 13.7. The third-order valence-corrected chi connectivity index (χ3v) is 3.97. The topological polar surface area (TPSA) is 63.7 Å². The summed E-state index contributed by atoms with van der Waals surface area (Å²) in [6, 6.07) is 11.3. The largest absolute Gasteiger partial charge is 0.497 e. The van der Waals surface area contributed by atoms with Crippen LogP contribution in [-0.4, -0.2) is 44.3 Å². The molecule has 1 amide bonds. The lowest BCUT2D eigenvalue weighted by Gasteiger charge is -2.28. The highest BCUT2D eigenvalue weighted by atomic mass is 16.5. The van der Waals surface area contributed by atoms with Gasteiger partial charge in [0.2, 0.25) is 0 Å². The fourth-order valence-corrected chi connectivity index (χ4v) is 2.55. The minimum absolute atomic E-state index is 0.181. The second kappa shape index (κ2) is 7.79. The Hall–Kier alpha value is -2.60. The molecular formula is C18H21N3O3. The number of carbonyl (C=O) groups excluding carboxylic acids is 1. The van der Waals surface area contributed by atoms with Gasteiger partial charge >= 0.3 is 0 Å². The minimum atomic E-state index is -0.181. The molecule has 24 heavy (non-hydrogen) atoms. The van der Waals surface area contributed by atoms with E-state index in [1.165, 1.54) is 0 Å². The van der Waals surface area contributed by atoms with E-state index in [1.807, 2.05) is 30.3 Å². The van der Waals surface area contributed by atoms with Crippen molar-refractivity contribution in [2.24, 2.45) is 0 Å². The molecule has 2 aromatic rings. The number of benzene rings is 1. The molecule has 0 atom stereocenters. The summed E-state index contributed by atoms with van der Waals surface area (Å²) in [5, 5.41) is 2.88. The van der Waals surface area contributed by atoms with Gasteiger partial charge in [0.25, 0.3) is 5.91 Å². The summed E-state index contributed by atoms with van der Waals surface area (Å²) in [5.74, 6) is 0.616. The lowest BCUT2D eigenvalue weighted by molar-refractivity contribution is 0.0946. The van der Waals surface area contributed by atoms with E-state index in [2.05, 4.69) is 15.2 Å². The number of nitrogens with zero attached hydrogens (tertiary/aromatic N) is 2. The van der Waals surface area contributed by atoms with Crippen LogP contribution in [0, 0.1) is 0 Å². The summed E-state index contributed by atoms with van der Waals surface area (Å²) < 4.78 is 10.5. The molecule has 1 fully saturated rings. The van der Waals surface area contributed by atoms with Gasteiger partial charge in [0.1, 0.15) is 11.4 Å². The predicted molar refractivity (Wildman–Crippen MR) is 91.4 cm³/mol. The maximum absolute atomic E-state index is 12.2. The highest BCUT2D eigenvalue weighted by Gasteiger charge is 2.13. The molecule has 2 heterocycles. The fourth-order valence-electron chi connectivity index (χ4n) is 2.55. The van der Waals surface area contributed by atoms with Crippen molar-refractivity contribution < 1.29 is 14.3 Å². The standard InChI is InChI=1S/C18H21N3O3/c1-23-16-5-2-14(3-6-16)12-20-18(22)17-7-4-15(13-19-17)21-8-10-24-11-9-21/h2-7,13H,8-12H2,1H3,(H,20,22). The Morgan fingerprint density at radius 3 is 2.58 bits per heavy atom. The molecule has 0 bridgehead atoms. The maximum atomic E-state index is 12.2. The number of aromatic nitrogens is 1. The molecule has 1 aliphatic rings. The van der Waals surface area contributed by atoms with Gasteiger partial charge < -0.3 is 19.7 Å². The van der Waals surface area contributed by atoms with Crippen molar-refractivity contribution in [2.45, 2.75) is 6.54 Å². The molecule has 1 aromatic heterocycles. The van der Waals surface area contributed by atoms with Crippen LogP contribution in [0.2, 0.25) is 0 Å². The van der Waals surface area contributed by atoms with Gasteiger partial charge in [-0.25, -0.2) is 4.98 Å². The van der Waals surface area contributed by atoms with Crippen molar-refractivity contribution in [3.8, 4) is 5.75 Å². The van der Waals surface area contributed by atoms with Crippen molar-refractivity contribution in [2.75, 3.05) is 38.3 Å². The Kier molecular flexibility index (Phi) is 5.28. The van der Waals surface area contributed by atoms with Crippen LogP contribution in [0.3, 0.4) is 0 Å². The number of nitrogens with one attached hydrogen (secondary N) is 1.